The van der Waals surface area contributed by atoms with Crippen LogP contribution in [-0.2, 0) is 9.48 Å². The zero-order valence-corrected chi connectivity index (χ0v) is 21.3. The summed E-state index contributed by atoms with van der Waals surface area (Å²) in [6, 6.07) is 10.6. The minimum absolute atomic E-state index is 0.0673. The van der Waals surface area contributed by atoms with Crippen LogP contribution in [0, 0.1) is 5.92 Å². The normalized spacial score (nSPS) is 31.6. The molecule has 7 heteroatoms. The molecule has 3 fully saturated rings. The van der Waals surface area contributed by atoms with Gasteiger partial charge in [0, 0.05) is 15.4 Å². The first-order valence-electron chi connectivity index (χ1n) is 11.4. The van der Waals surface area contributed by atoms with Crippen LogP contribution in [0.5, 0.6) is 0 Å². The Balaban J connectivity index is 1.43. The number of likely N-dealkylation sites (tertiary alicyclic amines) is 1. The zero-order valence-electron chi connectivity index (χ0n) is 18.9. The number of ether oxygens (including phenoxy) is 1. The first kappa shape index (κ1) is 20.8. The molecular formula is C25H28BrN3O2S. The number of imidazole rings is 1. The lowest BCUT2D eigenvalue weighted by Crippen LogP contribution is -2.59. The third-order valence-electron chi connectivity index (χ3n) is 7.53. The van der Waals surface area contributed by atoms with Gasteiger partial charge in [-0.05, 0) is 76.5 Å². The Morgan fingerprint density at radius 3 is 2.91 bits per heavy atom. The molecule has 1 aliphatic carbocycles. The molecule has 4 unspecified atom stereocenters. The Morgan fingerprint density at radius 2 is 2.12 bits per heavy atom. The lowest BCUT2D eigenvalue weighted by Gasteiger charge is -2.47. The number of H-pyrrole nitrogens is 1. The SMILES string of the molecule is CC(C)(C)OC(=O)N1C2SC2(c2nc3c(ccc4cc(Br)ccc43)[nH]2)CC2CCCC21C. The fraction of sp³-hybridized carbons (Fsp3) is 0.520. The summed E-state index contributed by atoms with van der Waals surface area (Å²) in [6.45, 7) is 8.10. The molecule has 32 heavy (non-hydrogen) atoms. The van der Waals surface area contributed by atoms with E-state index in [0.29, 0.717) is 5.92 Å². The van der Waals surface area contributed by atoms with Gasteiger partial charge in [-0.1, -0.05) is 34.5 Å². The summed E-state index contributed by atoms with van der Waals surface area (Å²) in [6.07, 6.45) is 4.23. The predicted molar refractivity (Wildman–Crippen MR) is 133 cm³/mol. The minimum atomic E-state index is -0.506. The number of amides is 1. The van der Waals surface area contributed by atoms with Gasteiger partial charge < -0.3 is 9.72 Å². The van der Waals surface area contributed by atoms with Crippen LogP contribution in [0.2, 0.25) is 0 Å². The van der Waals surface area contributed by atoms with Crippen LogP contribution in [0.1, 0.15) is 59.2 Å². The number of aromatic nitrogens is 2. The van der Waals surface area contributed by atoms with Crippen LogP contribution in [0.15, 0.2) is 34.8 Å². The number of benzene rings is 2. The Kier molecular flexibility index (Phi) is 4.34. The van der Waals surface area contributed by atoms with Gasteiger partial charge in [0.2, 0.25) is 0 Å². The van der Waals surface area contributed by atoms with E-state index in [1.165, 1.54) is 5.39 Å². The van der Waals surface area contributed by atoms with Gasteiger partial charge in [-0.3, -0.25) is 4.90 Å². The maximum absolute atomic E-state index is 13.4. The highest BCUT2D eigenvalue weighted by atomic mass is 79.9. The van der Waals surface area contributed by atoms with Crippen molar-refractivity contribution >= 4 is 55.6 Å². The third-order valence-corrected chi connectivity index (χ3v) is 9.61. The molecule has 1 amide bonds. The molecule has 0 radical (unpaired) electrons. The maximum Gasteiger partial charge on any atom is 0.411 e. The highest BCUT2D eigenvalue weighted by molar-refractivity contribution is 9.10. The number of nitrogens with zero attached hydrogens (tertiary/aromatic N) is 2. The molecular weight excluding hydrogens is 486 g/mol. The Morgan fingerprint density at radius 1 is 1.31 bits per heavy atom. The monoisotopic (exact) mass is 513 g/mol. The molecule has 1 saturated carbocycles. The van der Waals surface area contributed by atoms with Crippen molar-refractivity contribution in [3.63, 3.8) is 0 Å². The average Bonchev–Trinajstić information content (AvgIpc) is 3.05. The lowest BCUT2D eigenvalue weighted by atomic mass is 9.76. The lowest BCUT2D eigenvalue weighted by molar-refractivity contribution is -0.0286. The smallest absolute Gasteiger partial charge is 0.411 e. The van der Waals surface area contributed by atoms with Crippen LogP contribution in [0.4, 0.5) is 4.79 Å². The van der Waals surface area contributed by atoms with Crippen molar-refractivity contribution in [3.05, 3.63) is 40.6 Å². The number of nitrogens with one attached hydrogen (secondary N) is 1. The van der Waals surface area contributed by atoms with E-state index < -0.39 is 5.60 Å². The third kappa shape index (κ3) is 2.96. The number of hydrogen-bond donors (Lipinski definition) is 1. The number of piperidine rings is 1. The molecule has 2 aromatic carbocycles. The van der Waals surface area contributed by atoms with E-state index in [1.54, 1.807) is 0 Å². The second-order valence-electron chi connectivity index (χ2n) is 10.8. The van der Waals surface area contributed by atoms with Crippen LogP contribution in [0.3, 0.4) is 0 Å². The standard InChI is InChI=1S/C25H28BrN3O2S/c1-23(2,3)31-22(30)29-21-25(32-21,13-15-6-5-11-24(15,29)4)20-27-18-10-7-14-12-16(26)8-9-17(14)19(18)28-20/h7-10,12,15,21H,5-6,11,13H2,1-4H3,(H,27,28). The molecule has 1 aromatic heterocycles. The number of aromatic amines is 1. The number of rotatable bonds is 1. The predicted octanol–water partition coefficient (Wildman–Crippen LogP) is 6.95. The number of carbonyl (C=O) groups is 1. The topological polar surface area (TPSA) is 58.2 Å². The van der Waals surface area contributed by atoms with Crippen molar-refractivity contribution in [3.8, 4) is 0 Å². The van der Waals surface area contributed by atoms with Crippen molar-refractivity contribution in [1.82, 2.24) is 14.9 Å². The molecule has 0 spiro atoms. The van der Waals surface area contributed by atoms with Crippen molar-refractivity contribution in [2.24, 2.45) is 5.92 Å². The molecule has 2 aliphatic heterocycles. The van der Waals surface area contributed by atoms with Gasteiger partial charge in [0.05, 0.1) is 11.0 Å². The van der Waals surface area contributed by atoms with Crippen LogP contribution < -0.4 is 0 Å². The summed E-state index contributed by atoms with van der Waals surface area (Å²) in [5.74, 6) is 1.46. The molecule has 3 aliphatic rings. The summed E-state index contributed by atoms with van der Waals surface area (Å²) in [5.41, 5.74) is 1.42. The van der Waals surface area contributed by atoms with Gasteiger partial charge in [-0.25, -0.2) is 9.78 Å². The Labute approximate surface area is 200 Å². The van der Waals surface area contributed by atoms with Crippen molar-refractivity contribution in [1.29, 1.82) is 0 Å². The minimum Gasteiger partial charge on any atom is -0.444 e. The molecule has 6 rings (SSSR count). The number of fused-ring (bicyclic) bond motifs is 5. The van der Waals surface area contributed by atoms with Crippen LogP contribution in [0.25, 0.3) is 21.8 Å². The van der Waals surface area contributed by atoms with E-state index in [0.717, 1.165) is 52.4 Å². The molecule has 3 aromatic rings. The van der Waals surface area contributed by atoms with Crippen molar-refractivity contribution in [2.75, 3.05) is 0 Å². The molecule has 0 bridgehead atoms. The quantitative estimate of drug-likeness (QED) is 0.357. The molecule has 4 atom stereocenters. The van der Waals surface area contributed by atoms with Gasteiger partial charge >= 0.3 is 6.09 Å². The number of hydrogen-bond acceptors (Lipinski definition) is 4. The van der Waals surface area contributed by atoms with Gasteiger partial charge in [-0.15, -0.1) is 11.8 Å². The number of thioether (sulfide) groups is 1. The second-order valence-corrected chi connectivity index (χ2v) is 13.1. The first-order chi connectivity index (χ1) is 15.1. The highest BCUT2D eigenvalue weighted by Gasteiger charge is 2.72. The number of halogens is 1. The van der Waals surface area contributed by atoms with E-state index in [-0.39, 0.29) is 21.8 Å². The Bertz CT molecular complexity index is 1270. The van der Waals surface area contributed by atoms with E-state index in [1.807, 2.05) is 32.5 Å². The summed E-state index contributed by atoms with van der Waals surface area (Å²) in [7, 11) is 0. The van der Waals surface area contributed by atoms with Crippen LogP contribution >= 0.6 is 27.7 Å². The average molecular weight is 514 g/mol. The molecule has 3 heterocycles. The van der Waals surface area contributed by atoms with Crippen molar-refractivity contribution in [2.45, 2.75) is 74.6 Å². The Hall–Kier alpha value is -1.73. The van der Waals surface area contributed by atoms with E-state index in [4.69, 9.17) is 9.72 Å². The fourth-order valence-corrected chi connectivity index (χ4v) is 7.89. The van der Waals surface area contributed by atoms with E-state index in [9.17, 15) is 4.79 Å². The summed E-state index contributed by atoms with van der Waals surface area (Å²) in [4.78, 5) is 24.3. The summed E-state index contributed by atoms with van der Waals surface area (Å²) < 4.78 is 6.79. The maximum atomic E-state index is 13.4. The largest absolute Gasteiger partial charge is 0.444 e. The van der Waals surface area contributed by atoms with Gasteiger partial charge in [0.25, 0.3) is 0 Å². The molecule has 1 N–H and O–H groups in total. The highest BCUT2D eigenvalue weighted by Crippen LogP contribution is 2.72. The van der Waals surface area contributed by atoms with Crippen molar-refractivity contribution < 1.29 is 9.53 Å². The summed E-state index contributed by atoms with van der Waals surface area (Å²) >= 11 is 5.43. The fourth-order valence-electron chi connectivity index (χ4n) is 5.93. The van der Waals surface area contributed by atoms with Gasteiger partial charge in [0.15, 0.2) is 0 Å². The second kappa shape index (κ2) is 6.66. The first-order valence-corrected chi connectivity index (χ1v) is 13.1. The van der Waals surface area contributed by atoms with Gasteiger partial charge in [0.1, 0.15) is 21.5 Å². The zero-order chi connectivity index (χ0) is 22.5. The molecule has 2 saturated heterocycles. The molecule has 5 nitrogen and oxygen atoms in total. The van der Waals surface area contributed by atoms with E-state index >= 15 is 0 Å². The van der Waals surface area contributed by atoms with E-state index in [2.05, 4.69) is 63.1 Å². The summed E-state index contributed by atoms with van der Waals surface area (Å²) in [5, 5.41) is 2.39. The van der Waals surface area contributed by atoms with Crippen LogP contribution in [-0.4, -0.2) is 37.5 Å². The molecule has 168 valence electrons. The van der Waals surface area contributed by atoms with Gasteiger partial charge in [-0.2, -0.15) is 0 Å². The number of carbonyl (C=O) groups excluding carboxylic acids is 1.